The summed E-state index contributed by atoms with van der Waals surface area (Å²) in [6, 6.07) is 2.28. The summed E-state index contributed by atoms with van der Waals surface area (Å²) in [5.41, 5.74) is 0.906. The first-order chi connectivity index (χ1) is 8.22. The van der Waals surface area contributed by atoms with Crippen LogP contribution in [0.3, 0.4) is 0 Å². The second-order valence-electron chi connectivity index (χ2n) is 4.48. The fourth-order valence-electron chi connectivity index (χ4n) is 2.30. The van der Waals surface area contributed by atoms with E-state index < -0.39 is 11.6 Å². The van der Waals surface area contributed by atoms with Gasteiger partial charge in [-0.3, -0.25) is 0 Å². The molecule has 2 aromatic rings. The molecule has 0 saturated heterocycles. The Bertz CT molecular complexity index is 572. The molecule has 0 radical (unpaired) electrons. The van der Waals surface area contributed by atoms with Gasteiger partial charge in [-0.25, -0.2) is 8.78 Å². The van der Waals surface area contributed by atoms with Crippen molar-refractivity contribution in [1.29, 1.82) is 0 Å². The van der Waals surface area contributed by atoms with Crippen LogP contribution in [0.1, 0.15) is 30.1 Å². The van der Waals surface area contributed by atoms with Gasteiger partial charge < -0.3 is 9.73 Å². The van der Waals surface area contributed by atoms with E-state index in [0.29, 0.717) is 23.6 Å². The van der Waals surface area contributed by atoms with Crippen molar-refractivity contribution in [2.75, 3.05) is 7.05 Å². The zero-order valence-electron chi connectivity index (χ0n) is 9.52. The standard InChI is InChI=1S/C13H13F2NO/c1-16-6-10-11(7-2-3-7)12-8(14)4-5-9(15)13(12)17-10/h4-5,7,16H,2-3,6H2,1H3. The van der Waals surface area contributed by atoms with Crippen LogP contribution in [-0.2, 0) is 6.54 Å². The Morgan fingerprint density at radius 2 is 2.00 bits per heavy atom. The van der Waals surface area contributed by atoms with Crippen LogP contribution < -0.4 is 5.32 Å². The van der Waals surface area contributed by atoms with Crippen LogP contribution in [0.25, 0.3) is 11.0 Å². The summed E-state index contributed by atoms with van der Waals surface area (Å²) in [6.07, 6.45) is 2.06. The fourth-order valence-corrected chi connectivity index (χ4v) is 2.30. The lowest BCUT2D eigenvalue weighted by molar-refractivity contribution is 0.501. The predicted molar refractivity (Wildman–Crippen MR) is 60.9 cm³/mol. The van der Waals surface area contributed by atoms with Crippen LogP contribution in [-0.4, -0.2) is 7.05 Å². The monoisotopic (exact) mass is 237 g/mol. The van der Waals surface area contributed by atoms with Gasteiger partial charge in [0.2, 0.25) is 0 Å². The molecule has 3 rings (SSSR count). The average molecular weight is 237 g/mol. The lowest BCUT2D eigenvalue weighted by Gasteiger charge is -2.00. The number of benzene rings is 1. The van der Waals surface area contributed by atoms with Gasteiger partial charge in [-0.1, -0.05) is 0 Å². The lowest BCUT2D eigenvalue weighted by atomic mass is 10.1. The number of hydrogen-bond donors (Lipinski definition) is 1. The van der Waals surface area contributed by atoms with Crippen molar-refractivity contribution in [3.63, 3.8) is 0 Å². The molecule has 0 amide bonds. The van der Waals surface area contributed by atoms with Crippen LogP contribution in [0, 0.1) is 11.6 Å². The third kappa shape index (κ3) is 1.63. The van der Waals surface area contributed by atoms with Gasteiger partial charge in [0.25, 0.3) is 0 Å². The first kappa shape index (κ1) is 10.7. The Hall–Kier alpha value is -1.42. The Labute approximate surface area is 97.6 Å². The normalized spacial score (nSPS) is 15.7. The zero-order valence-corrected chi connectivity index (χ0v) is 9.52. The number of rotatable bonds is 3. The van der Waals surface area contributed by atoms with E-state index in [-0.39, 0.29) is 5.58 Å². The van der Waals surface area contributed by atoms with Crippen molar-refractivity contribution in [3.8, 4) is 0 Å². The van der Waals surface area contributed by atoms with Gasteiger partial charge in [0.05, 0.1) is 11.9 Å². The lowest BCUT2D eigenvalue weighted by Crippen LogP contribution is -2.05. The number of furan rings is 1. The molecule has 1 aliphatic carbocycles. The molecular weight excluding hydrogens is 224 g/mol. The molecule has 90 valence electrons. The minimum absolute atomic E-state index is 0.0529. The molecule has 1 aromatic heterocycles. The van der Waals surface area contributed by atoms with Crippen LogP contribution >= 0.6 is 0 Å². The number of fused-ring (bicyclic) bond motifs is 1. The third-order valence-corrected chi connectivity index (χ3v) is 3.18. The van der Waals surface area contributed by atoms with E-state index >= 15 is 0 Å². The SMILES string of the molecule is CNCc1oc2c(F)ccc(F)c2c1C1CC1. The fraction of sp³-hybridized carbons (Fsp3) is 0.385. The van der Waals surface area contributed by atoms with Gasteiger partial charge in [-0.15, -0.1) is 0 Å². The second kappa shape index (κ2) is 3.81. The second-order valence-corrected chi connectivity index (χ2v) is 4.48. The molecular formula is C13H13F2NO. The summed E-state index contributed by atoms with van der Waals surface area (Å²) in [6.45, 7) is 0.499. The molecule has 0 atom stereocenters. The van der Waals surface area contributed by atoms with E-state index in [1.54, 1.807) is 7.05 Å². The molecule has 0 spiro atoms. The van der Waals surface area contributed by atoms with Crippen LogP contribution in [0.2, 0.25) is 0 Å². The topological polar surface area (TPSA) is 25.2 Å². The highest BCUT2D eigenvalue weighted by molar-refractivity contribution is 5.84. The number of nitrogens with one attached hydrogen (secondary N) is 1. The number of hydrogen-bond acceptors (Lipinski definition) is 2. The molecule has 1 heterocycles. The summed E-state index contributed by atoms with van der Waals surface area (Å²) >= 11 is 0. The van der Waals surface area contributed by atoms with Crippen LogP contribution in [0.15, 0.2) is 16.5 Å². The van der Waals surface area contributed by atoms with Crippen molar-refractivity contribution < 1.29 is 13.2 Å². The van der Waals surface area contributed by atoms with E-state index in [1.165, 1.54) is 6.07 Å². The van der Waals surface area contributed by atoms with Gasteiger partial charge in [0.15, 0.2) is 11.4 Å². The highest BCUT2D eigenvalue weighted by Gasteiger charge is 2.32. The maximum Gasteiger partial charge on any atom is 0.173 e. The molecule has 1 fully saturated rings. The summed E-state index contributed by atoms with van der Waals surface area (Å²) in [5, 5.41) is 3.30. The highest BCUT2D eigenvalue weighted by atomic mass is 19.1. The van der Waals surface area contributed by atoms with E-state index in [9.17, 15) is 8.78 Å². The van der Waals surface area contributed by atoms with E-state index in [0.717, 1.165) is 24.5 Å². The molecule has 1 saturated carbocycles. The van der Waals surface area contributed by atoms with Crippen molar-refractivity contribution in [2.45, 2.75) is 25.3 Å². The number of halogens is 2. The molecule has 1 aromatic carbocycles. The Kier molecular flexibility index (Phi) is 2.40. The van der Waals surface area contributed by atoms with Crippen LogP contribution in [0.5, 0.6) is 0 Å². The van der Waals surface area contributed by atoms with Gasteiger partial charge in [-0.2, -0.15) is 0 Å². The van der Waals surface area contributed by atoms with Gasteiger partial charge in [0.1, 0.15) is 11.6 Å². The van der Waals surface area contributed by atoms with Crippen molar-refractivity contribution >= 4 is 11.0 Å². The first-order valence-corrected chi connectivity index (χ1v) is 5.76. The van der Waals surface area contributed by atoms with Gasteiger partial charge >= 0.3 is 0 Å². The molecule has 0 bridgehead atoms. The summed E-state index contributed by atoms with van der Waals surface area (Å²) in [7, 11) is 1.79. The minimum atomic E-state index is -0.495. The molecule has 17 heavy (non-hydrogen) atoms. The minimum Gasteiger partial charge on any atom is -0.456 e. The summed E-state index contributed by atoms with van der Waals surface area (Å²) < 4.78 is 32.9. The molecule has 0 unspecified atom stereocenters. The predicted octanol–water partition coefficient (Wildman–Crippen LogP) is 3.31. The smallest absolute Gasteiger partial charge is 0.173 e. The molecule has 1 N–H and O–H groups in total. The highest BCUT2D eigenvalue weighted by Crippen LogP contribution is 2.47. The molecule has 4 heteroatoms. The quantitative estimate of drug-likeness (QED) is 0.886. The van der Waals surface area contributed by atoms with Gasteiger partial charge in [0, 0.05) is 5.56 Å². The maximum absolute atomic E-state index is 13.8. The Balaban J connectivity index is 2.30. The van der Waals surface area contributed by atoms with E-state index in [1.807, 2.05) is 0 Å². The molecule has 1 aliphatic rings. The average Bonchev–Trinajstić information content (AvgIpc) is 3.06. The van der Waals surface area contributed by atoms with Crippen molar-refractivity contribution in [3.05, 3.63) is 35.1 Å². The molecule has 0 aliphatic heterocycles. The largest absolute Gasteiger partial charge is 0.456 e. The van der Waals surface area contributed by atoms with Crippen molar-refractivity contribution in [1.82, 2.24) is 5.32 Å². The Morgan fingerprint density at radius 3 is 2.65 bits per heavy atom. The summed E-state index contributed by atoms with van der Waals surface area (Å²) in [5.74, 6) is 0.102. The third-order valence-electron chi connectivity index (χ3n) is 3.18. The van der Waals surface area contributed by atoms with Gasteiger partial charge in [-0.05, 0) is 37.9 Å². The molecule has 2 nitrogen and oxygen atoms in total. The maximum atomic E-state index is 13.8. The van der Waals surface area contributed by atoms with Crippen LogP contribution in [0.4, 0.5) is 8.78 Å². The van der Waals surface area contributed by atoms with E-state index in [4.69, 9.17) is 4.42 Å². The first-order valence-electron chi connectivity index (χ1n) is 5.76. The summed E-state index contributed by atoms with van der Waals surface area (Å²) in [4.78, 5) is 0. The zero-order chi connectivity index (χ0) is 12.0. The van der Waals surface area contributed by atoms with Crippen molar-refractivity contribution in [2.24, 2.45) is 0 Å². The Morgan fingerprint density at radius 1 is 1.29 bits per heavy atom. The van der Waals surface area contributed by atoms with E-state index in [2.05, 4.69) is 5.32 Å².